The van der Waals surface area contributed by atoms with Crippen molar-refractivity contribution in [2.75, 3.05) is 31.8 Å². The second-order valence-electron chi connectivity index (χ2n) is 5.54. The zero-order valence-corrected chi connectivity index (χ0v) is 13.7. The van der Waals surface area contributed by atoms with Gasteiger partial charge in [-0.1, -0.05) is 13.3 Å². The first-order chi connectivity index (χ1) is 10.1. The first-order valence-corrected chi connectivity index (χ1v) is 9.35. The van der Waals surface area contributed by atoms with Crippen LogP contribution in [0.25, 0.3) is 0 Å². The molecule has 1 atom stereocenters. The maximum Gasteiger partial charge on any atom is 0.152 e. The Hall–Kier alpha value is -0.920. The summed E-state index contributed by atoms with van der Waals surface area (Å²) in [4.78, 5) is 0. The molecular formula is C14H25N3O3S. The van der Waals surface area contributed by atoms with Crippen LogP contribution in [-0.2, 0) is 27.5 Å². The van der Waals surface area contributed by atoms with Crippen LogP contribution in [0.4, 0.5) is 0 Å². The number of aromatic nitrogens is 2. The van der Waals surface area contributed by atoms with E-state index >= 15 is 0 Å². The van der Waals surface area contributed by atoms with Crippen LogP contribution in [0.15, 0.2) is 6.20 Å². The molecule has 1 fully saturated rings. The fraction of sp³-hybridized carbons (Fsp3) is 0.786. The third-order valence-corrected chi connectivity index (χ3v) is 5.58. The Kier molecular flexibility index (Phi) is 5.78. The van der Waals surface area contributed by atoms with E-state index in [9.17, 15) is 8.42 Å². The van der Waals surface area contributed by atoms with Crippen molar-refractivity contribution in [3.63, 3.8) is 0 Å². The Morgan fingerprint density at radius 3 is 2.95 bits per heavy atom. The maximum atomic E-state index is 11.7. The molecule has 1 unspecified atom stereocenters. The molecule has 0 aromatic carbocycles. The predicted molar refractivity (Wildman–Crippen MR) is 82.1 cm³/mol. The molecule has 1 aromatic heterocycles. The fourth-order valence-corrected chi connectivity index (χ4v) is 4.46. The summed E-state index contributed by atoms with van der Waals surface area (Å²) >= 11 is 0. The van der Waals surface area contributed by atoms with Crippen molar-refractivity contribution < 1.29 is 13.2 Å². The van der Waals surface area contributed by atoms with Gasteiger partial charge in [-0.2, -0.15) is 5.10 Å². The second-order valence-corrected chi connectivity index (χ2v) is 7.77. The number of nitrogens with one attached hydrogen (secondary N) is 1. The standard InChI is InChI=1S/C14H25N3O3S/c1-3-4-14-12(9-15-6-7-20-2)10-16-17(14)13-5-8-21(18,19)11-13/h10,13,15H,3-9,11H2,1-2H3. The van der Waals surface area contributed by atoms with Gasteiger partial charge in [-0.15, -0.1) is 0 Å². The van der Waals surface area contributed by atoms with E-state index in [1.165, 1.54) is 5.69 Å². The Morgan fingerprint density at radius 2 is 2.33 bits per heavy atom. The average molecular weight is 315 g/mol. The molecule has 0 spiro atoms. The molecule has 6 nitrogen and oxygen atoms in total. The number of methoxy groups -OCH3 is 1. The van der Waals surface area contributed by atoms with Crippen molar-refractivity contribution in [2.24, 2.45) is 0 Å². The van der Waals surface area contributed by atoms with Gasteiger partial charge in [0, 0.05) is 31.5 Å². The van der Waals surface area contributed by atoms with E-state index in [1.54, 1.807) is 7.11 Å². The summed E-state index contributed by atoms with van der Waals surface area (Å²) in [5.74, 6) is 0.506. The molecule has 1 aromatic rings. The van der Waals surface area contributed by atoms with Crippen LogP contribution in [0.1, 0.15) is 37.1 Å². The van der Waals surface area contributed by atoms with Crippen LogP contribution >= 0.6 is 0 Å². The van der Waals surface area contributed by atoms with Gasteiger partial charge < -0.3 is 10.1 Å². The Morgan fingerprint density at radius 1 is 1.52 bits per heavy atom. The Labute approximate surface area is 126 Å². The van der Waals surface area contributed by atoms with Gasteiger partial charge in [-0.25, -0.2) is 8.42 Å². The van der Waals surface area contributed by atoms with E-state index < -0.39 is 9.84 Å². The number of rotatable bonds is 8. The lowest BCUT2D eigenvalue weighted by Gasteiger charge is -2.14. The SMILES string of the molecule is CCCc1c(CNCCOC)cnn1C1CCS(=O)(=O)C1. The summed E-state index contributed by atoms with van der Waals surface area (Å²) in [6.45, 7) is 4.35. The molecule has 2 rings (SSSR count). The Balaban J connectivity index is 2.09. The zero-order valence-electron chi connectivity index (χ0n) is 12.8. The largest absolute Gasteiger partial charge is 0.383 e. The van der Waals surface area contributed by atoms with Crippen LogP contribution in [-0.4, -0.2) is 50.0 Å². The van der Waals surface area contributed by atoms with Gasteiger partial charge in [0.15, 0.2) is 9.84 Å². The molecule has 7 heteroatoms. The van der Waals surface area contributed by atoms with Crippen molar-refractivity contribution in [1.29, 1.82) is 0 Å². The molecule has 2 heterocycles. The van der Waals surface area contributed by atoms with E-state index in [1.807, 2.05) is 10.9 Å². The minimum atomic E-state index is -2.88. The minimum Gasteiger partial charge on any atom is -0.383 e. The molecular weight excluding hydrogens is 290 g/mol. The lowest BCUT2D eigenvalue weighted by Crippen LogP contribution is -2.20. The Bertz CT molecular complexity index is 554. The normalized spacial score (nSPS) is 21.0. The number of hydrogen-bond donors (Lipinski definition) is 1. The van der Waals surface area contributed by atoms with Crippen molar-refractivity contribution in [3.05, 3.63) is 17.5 Å². The van der Waals surface area contributed by atoms with Crippen LogP contribution in [0.5, 0.6) is 0 Å². The van der Waals surface area contributed by atoms with Crippen LogP contribution in [0.3, 0.4) is 0 Å². The summed E-state index contributed by atoms with van der Waals surface area (Å²) < 4.78 is 30.3. The highest BCUT2D eigenvalue weighted by atomic mass is 32.2. The highest BCUT2D eigenvalue weighted by Gasteiger charge is 2.31. The van der Waals surface area contributed by atoms with Gasteiger partial charge in [-0.3, -0.25) is 4.68 Å². The van der Waals surface area contributed by atoms with E-state index in [0.29, 0.717) is 13.0 Å². The molecule has 120 valence electrons. The van der Waals surface area contributed by atoms with Gasteiger partial charge >= 0.3 is 0 Å². The molecule has 1 N–H and O–H groups in total. The molecule has 0 radical (unpaired) electrons. The molecule has 0 aliphatic carbocycles. The maximum absolute atomic E-state index is 11.7. The lowest BCUT2D eigenvalue weighted by atomic mass is 10.1. The van der Waals surface area contributed by atoms with E-state index in [-0.39, 0.29) is 17.5 Å². The van der Waals surface area contributed by atoms with Crippen molar-refractivity contribution >= 4 is 9.84 Å². The first kappa shape index (κ1) is 16.5. The van der Waals surface area contributed by atoms with Crippen LogP contribution in [0.2, 0.25) is 0 Å². The molecule has 0 amide bonds. The van der Waals surface area contributed by atoms with Gasteiger partial charge in [0.05, 0.1) is 30.4 Å². The number of nitrogens with zero attached hydrogens (tertiary/aromatic N) is 2. The van der Waals surface area contributed by atoms with E-state index in [0.717, 1.165) is 31.5 Å². The minimum absolute atomic E-state index is 0.00396. The van der Waals surface area contributed by atoms with Crippen molar-refractivity contribution in [1.82, 2.24) is 15.1 Å². The van der Waals surface area contributed by atoms with Gasteiger partial charge in [0.2, 0.25) is 0 Å². The third kappa shape index (κ3) is 4.28. The van der Waals surface area contributed by atoms with E-state index in [2.05, 4.69) is 17.3 Å². The summed E-state index contributed by atoms with van der Waals surface area (Å²) in [5, 5.41) is 7.79. The zero-order chi connectivity index (χ0) is 15.3. The summed E-state index contributed by atoms with van der Waals surface area (Å²) in [7, 11) is -1.20. The van der Waals surface area contributed by atoms with Crippen LogP contribution in [0, 0.1) is 0 Å². The van der Waals surface area contributed by atoms with Gasteiger partial charge in [0.25, 0.3) is 0 Å². The lowest BCUT2D eigenvalue weighted by molar-refractivity contribution is 0.199. The smallest absolute Gasteiger partial charge is 0.152 e. The second kappa shape index (κ2) is 7.38. The molecule has 21 heavy (non-hydrogen) atoms. The summed E-state index contributed by atoms with van der Waals surface area (Å²) in [6.07, 6.45) is 4.50. The topological polar surface area (TPSA) is 73.2 Å². The number of hydrogen-bond acceptors (Lipinski definition) is 5. The van der Waals surface area contributed by atoms with Crippen molar-refractivity contribution in [3.8, 4) is 0 Å². The van der Waals surface area contributed by atoms with Gasteiger partial charge in [0.1, 0.15) is 0 Å². The highest BCUT2D eigenvalue weighted by molar-refractivity contribution is 7.91. The average Bonchev–Trinajstić information content (AvgIpc) is 2.99. The molecule has 1 aliphatic rings. The van der Waals surface area contributed by atoms with Crippen molar-refractivity contribution in [2.45, 2.75) is 38.8 Å². The molecule has 0 bridgehead atoms. The van der Waals surface area contributed by atoms with E-state index in [4.69, 9.17) is 4.74 Å². The highest BCUT2D eigenvalue weighted by Crippen LogP contribution is 2.26. The first-order valence-electron chi connectivity index (χ1n) is 7.52. The summed E-state index contributed by atoms with van der Waals surface area (Å²) in [5.41, 5.74) is 2.33. The molecule has 1 aliphatic heterocycles. The number of ether oxygens (including phenoxy) is 1. The number of sulfone groups is 1. The fourth-order valence-electron chi connectivity index (χ4n) is 2.76. The summed E-state index contributed by atoms with van der Waals surface area (Å²) in [6, 6.07) is 0.00396. The van der Waals surface area contributed by atoms with Gasteiger partial charge in [-0.05, 0) is 12.8 Å². The molecule has 0 saturated carbocycles. The quantitative estimate of drug-likeness (QED) is 0.723. The third-order valence-electron chi connectivity index (χ3n) is 3.82. The monoisotopic (exact) mass is 315 g/mol. The predicted octanol–water partition coefficient (Wildman–Crippen LogP) is 0.931. The van der Waals surface area contributed by atoms with Crippen LogP contribution < -0.4 is 5.32 Å². The molecule has 1 saturated heterocycles.